The van der Waals surface area contributed by atoms with Gasteiger partial charge in [-0.25, -0.2) is 19.3 Å². The van der Waals surface area contributed by atoms with Crippen LogP contribution in [0.25, 0.3) is 22.0 Å². The Labute approximate surface area is 161 Å². The van der Waals surface area contributed by atoms with E-state index >= 15 is 0 Å². The summed E-state index contributed by atoms with van der Waals surface area (Å²) < 4.78 is 14.6. The zero-order chi connectivity index (χ0) is 19.7. The van der Waals surface area contributed by atoms with Crippen LogP contribution in [0.3, 0.4) is 0 Å². The number of nitrogen functional groups attached to an aromatic ring is 1. The van der Waals surface area contributed by atoms with E-state index in [0.29, 0.717) is 22.4 Å². The highest BCUT2D eigenvalue weighted by molar-refractivity contribution is 5.99. The smallest absolute Gasteiger partial charge is 0.223 e. The summed E-state index contributed by atoms with van der Waals surface area (Å²) in [4.78, 5) is 13.0. The molecule has 1 fully saturated rings. The highest BCUT2D eigenvalue weighted by Crippen LogP contribution is 2.33. The average molecular weight is 378 g/mol. The van der Waals surface area contributed by atoms with Crippen LogP contribution in [0.15, 0.2) is 30.6 Å². The van der Waals surface area contributed by atoms with Crippen molar-refractivity contribution in [3.8, 4) is 17.2 Å². The number of nitriles is 1. The molecule has 142 valence electrons. The number of pyridine rings is 1. The lowest BCUT2D eigenvalue weighted by atomic mass is 9.93. The van der Waals surface area contributed by atoms with Gasteiger partial charge in [0.1, 0.15) is 11.6 Å². The molecule has 1 aromatic carbocycles. The van der Waals surface area contributed by atoms with Crippen LogP contribution in [0.5, 0.6) is 0 Å². The molecule has 1 saturated carbocycles. The highest BCUT2D eigenvalue weighted by Gasteiger charge is 2.21. The van der Waals surface area contributed by atoms with Crippen LogP contribution in [0.1, 0.15) is 31.2 Å². The largest absolute Gasteiger partial charge is 0.393 e. The Morgan fingerprint density at radius 2 is 1.96 bits per heavy atom. The fraction of sp³-hybridized carbons (Fsp3) is 0.300. The molecule has 4 rings (SSSR count). The van der Waals surface area contributed by atoms with Gasteiger partial charge in [0.2, 0.25) is 5.95 Å². The Hall–Kier alpha value is -3.31. The van der Waals surface area contributed by atoms with E-state index in [-0.39, 0.29) is 29.1 Å². The van der Waals surface area contributed by atoms with Crippen molar-refractivity contribution < 1.29 is 9.50 Å². The zero-order valence-corrected chi connectivity index (χ0v) is 15.1. The maximum Gasteiger partial charge on any atom is 0.223 e. The minimum Gasteiger partial charge on any atom is -0.393 e. The van der Waals surface area contributed by atoms with Gasteiger partial charge in [-0.3, -0.25) is 0 Å². The van der Waals surface area contributed by atoms with Crippen LogP contribution in [0, 0.1) is 17.1 Å². The summed E-state index contributed by atoms with van der Waals surface area (Å²) in [5.74, 6) is 0.109. The number of aliphatic hydroxyl groups is 1. The second-order valence-electron chi connectivity index (χ2n) is 6.94. The molecule has 4 N–H and O–H groups in total. The van der Waals surface area contributed by atoms with E-state index in [1.807, 2.05) is 6.07 Å². The van der Waals surface area contributed by atoms with Gasteiger partial charge in [0.15, 0.2) is 0 Å². The summed E-state index contributed by atoms with van der Waals surface area (Å²) >= 11 is 0. The maximum absolute atomic E-state index is 14.6. The number of nitrogens with two attached hydrogens (primary N) is 1. The molecule has 7 nitrogen and oxygen atoms in total. The third-order valence-electron chi connectivity index (χ3n) is 5.09. The minimum absolute atomic E-state index is 0.146. The van der Waals surface area contributed by atoms with Gasteiger partial charge in [-0.05, 0) is 37.8 Å². The lowest BCUT2D eigenvalue weighted by Gasteiger charge is -2.26. The Morgan fingerprint density at radius 3 is 2.71 bits per heavy atom. The molecule has 3 aromatic rings. The fourth-order valence-corrected chi connectivity index (χ4v) is 3.59. The molecular formula is C20H19FN6O. The number of anilines is 2. The summed E-state index contributed by atoms with van der Waals surface area (Å²) in [6.07, 6.45) is 5.84. The van der Waals surface area contributed by atoms with E-state index in [2.05, 4.69) is 20.3 Å². The molecule has 0 spiro atoms. The monoisotopic (exact) mass is 378 g/mol. The van der Waals surface area contributed by atoms with Crippen LogP contribution in [-0.4, -0.2) is 32.2 Å². The van der Waals surface area contributed by atoms with Crippen LogP contribution in [0.4, 0.5) is 16.2 Å². The second kappa shape index (κ2) is 7.37. The van der Waals surface area contributed by atoms with Gasteiger partial charge < -0.3 is 16.2 Å². The Bertz CT molecular complexity index is 1070. The van der Waals surface area contributed by atoms with Crippen molar-refractivity contribution in [3.05, 3.63) is 42.0 Å². The SMILES string of the molecule is N#Cc1cccc(F)c1-c1cnc(N)c2cnc(NC3CCC(O)CC3)nc12. The lowest BCUT2D eigenvalue weighted by molar-refractivity contribution is 0.126. The normalized spacial score (nSPS) is 19.3. The minimum atomic E-state index is -0.527. The van der Waals surface area contributed by atoms with Crippen molar-refractivity contribution in [2.45, 2.75) is 37.8 Å². The zero-order valence-electron chi connectivity index (χ0n) is 15.1. The molecule has 0 saturated heterocycles. The van der Waals surface area contributed by atoms with E-state index < -0.39 is 5.82 Å². The maximum atomic E-state index is 14.6. The summed E-state index contributed by atoms with van der Waals surface area (Å²) in [5.41, 5.74) is 7.13. The van der Waals surface area contributed by atoms with Crippen LogP contribution >= 0.6 is 0 Å². The number of halogens is 1. The van der Waals surface area contributed by atoms with Gasteiger partial charge in [-0.15, -0.1) is 0 Å². The van der Waals surface area contributed by atoms with Crippen molar-refractivity contribution in [1.82, 2.24) is 15.0 Å². The lowest BCUT2D eigenvalue weighted by Crippen LogP contribution is -2.28. The third kappa shape index (κ3) is 3.32. The standard InChI is InChI=1S/C20H19FN6O/c21-16-3-1-2-11(8-22)17(16)14-9-24-19(23)15-10-25-20(27-18(14)15)26-12-4-6-13(28)7-5-12/h1-3,9-10,12-13,28H,4-7H2,(H2,23,24)(H,25,26,27). The van der Waals surface area contributed by atoms with E-state index in [1.165, 1.54) is 18.3 Å². The first-order valence-corrected chi connectivity index (χ1v) is 9.11. The summed E-state index contributed by atoms with van der Waals surface area (Å²) in [6, 6.07) is 6.51. The number of nitrogens with zero attached hydrogens (tertiary/aromatic N) is 4. The Morgan fingerprint density at radius 1 is 1.18 bits per heavy atom. The molecule has 8 heteroatoms. The van der Waals surface area contributed by atoms with Crippen molar-refractivity contribution in [2.75, 3.05) is 11.1 Å². The summed E-state index contributed by atoms with van der Waals surface area (Å²) in [7, 11) is 0. The Balaban J connectivity index is 1.80. The fourth-order valence-electron chi connectivity index (χ4n) is 3.59. The molecule has 0 amide bonds. The van der Waals surface area contributed by atoms with Gasteiger partial charge in [0.05, 0.1) is 28.6 Å². The van der Waals surface area contributed by atoms with Gasteiger partial charge in [0, 0.05) is 29.6 Å². The van der Waals surface area contributed by atoms with Crippen molar-refractivity contribution in [2.24, 2.45) is 0 Å². The number of hydrogen-bond acceptors (Lipinski definition) is 7. The summed E-state index contributed by atoms with van der Waals surface area (Å²) in [5, 5.41) is 22.8. The van der Waals surface area contributed by atoms with E-state index in [1.54, 1.807) is 12.3 Å². The molecule has 0 unspecified atom stereocenters. The molecular weight excluding hydrogens is 359 g/mol. The molecule has 1 aliphatic carbocycles. The molecule has 1 aliphatic rings. The molecule has 0 atom stereocenters. The van der Waals surface area contributed by atoms with Gasteiger partial charge in [-0.1, -0.05) is 6.07 Å². The molecule has 2 heterocycles. The van der Waals surface area contributed by atoms with E-state index in [0.717, 1.165) is 25.7 Å². The van der Waals surface area contributed by atoms with Crippen molar-refractivity contribution in [3.63, 3.8) is 0 Å². The molecule has 28 heavy (non-hydrogen) atoms. The summed E-state index contributed by atoms with van der Waals surface area (Å²) in [6.45, 7) is 0. The first-order valence-electron chi connectivity index (χ1n) is 9.11. The van der Waals surface area contributed by atoms with E-state index in [4.69, 9.17) is 5.73 Å². The molecule has 2 aromatic heterocycles. The number of rotatable bonds is 3. The average Bonchev–Trinajstić information content (AvgIpc) is 2.70. The van der Waals surface area contributed by atoms with E-state index in [9.17, 15) is 14.8 Å². The molecule has 0 radical (unpaired) electrons. The molecule has 0 aliphatic heterocycles. The van der Waals surface area contributed by atoms with Crippen molar-refractivity contribution in [1.29, 1.82) is 5.26 Å². The number of aliphatic hydroxyl groups excluding tert-OH is 1. The van der Waals surface area contributed by atoms with Crippen molar-refractivity contribution >= 4 is 22.7 Å². The number of nitrogens with one attached hydrogen (secondary N) is 1. The van der Waals surface area contributed by atoms with Gasteiger partial charge >= 0.3 is 0 Å². The van der Waals surface area contributed by atoms with Crippen LogP contribution in [-0.2, 0) is 0 Å². The number of fused-ring (bicyclic) bond motifs is 1. The first-order chi connectivity index (χ1) is 13.6. The van der Waals surface area contributed by atoms with Gasteiger partial charge in [-0.2, -0.15) is 5.26 Å². The quantitative estimate of drug-likeness (QED) is 0.640. The number of hydrogen-bond donors (Lipinski definition) is 3. The topological polar surface area (TPSA) is 121 Å². The molecule has 0 bridgehead atoms. The predicted molar refractivity (Wildman–Crippen MR) is 104 cm³/mol. The highest BCUT2D eigenvalue weighted by atomic mass is 19.1. The predicted octanol–water partition coefficient (Wildman–Crippen LogP) is 3.00. The van der Waals surface area contributed by atoms with Crippen LogP contribution < -0.4 is 11.1 Å². The van der Waals surface area contributed by atoms with Crippen LogP contribution in [0.2, 0.25) is 0 Å². The van der Waals surface area contributed by atoms with Gasteiger partial charge in [0.25, 0.3) is 0 Å². The first kappa shape index (κ1) is 18.1. The Kier molecular flexibility index (Phi) is 4.75. The third-order valence-corrected chi connectivity index (χ3v) is 5.09. The number of benzene rings is 1. The number of aromatic nitrogens is 3. The second-order valence-corrected chi connectivity index (χ2v) is 6.94.